The van der Waals surface area contributed by atoms with Gasteiger partial charge in [-0.3, -0.25) is 0 Å². The van der Waals surface area contributed by atoms with Crippen molar-refractivity contribution in [3.63, 3.8) is 0 Å². The molecule has 2 rings (SSSR count). The number of rotatable bonds is 4. The molecule has 0 unspecified atom stereocenters. The number of hydrogen-bond donors (Lipinski definition) is 0. The Morgan fingerprint density at radius 3 is 1.85 bits per heavy atom. The number of para-hydroxylation sites is 1. The van der Waals surface area contributed by atoms with Crippen LogP contribution in [0.2, 0.25) is 32.7 Å². The molecule has 3 heteroatoms. The fourth-order valence-corrected chi connectivity index (χ4v) is 5.95. The Balaban J connectivity index is 2.47. The summed E-state index contributed by atoms with van der Waals surface area (Å²) in [6, 6.07) is 19.4. The quantitative estimate of drug-likeness (QED) is 0.782. The van der Waals surface area contributed by atoms with Gasteiger partial charge >= 0.3 is 0 Å². The van der Waals surface area contributed by atoms with Gasteiger partial charge in [-0.25, -0.2) is 0 Å². The molecule has 0 aromatic heterocycles. The van der Waals surface area contributed by atoms with Gasteiger partial charge in [0.15, 0.2) is 0 Å². The summed E-state index contributed by atoms with van der Waals surface area (Å²) >= 11 is 0. The van der Waals surface area contributed by atoms with Crippen molar-refractivity contribution in [2.24, 2.45) is 0 Å². The number of hydrogen-bond acceptors (Lipinski definition) is 1. The summed E-state index contributed by atoms with van der Waals surface area (Å²) in [5.41, 5.74) is 0. The summed E-state index contributed by atoms with van der Waals surface area (Å²) in [6.45, 7) is 11.5. The second-order valence-corrected chi connectivity index (χ2v) is 15.5. The molecular formula is C17H24OSi2. The van der Waals surface area contributed by atoms with E-state index in [1.807, 2.05) is 0 Å². The van der Waals surface area contributed by atoms with Crippen molar-refractivity contribution in [3.8, 4) is 5.75 Å². The Morgan fingerprint density at radius 1 is 0.700 bits per heavy atom. The van der Waals surface area contributed by atoms with Crippen LogP contribution in [0.25, 0.3) is 0 Å². The Kier molecular flexibility index (Phi) is 4.20. The summed E-state index contributed by atoms with van der Waals surface area (Å²) < 4.78 is 6.31. The molecule has 0 saturated heterocycles. The Morgan fingerprint density at radius 2 is 1.25 bits per heavy atom. The second kappa shape index (κ2) is 5.58. The summed E-state index contributed by atoms with van der Waals surface area (Å²) in [4.78, 5) is 0. The maximum atomic E-state index is 6.31. The van der Waals surface area contributed by atoms with Crippen molar-refractivity contribution < 1.29 is 4.43 Å². The molecule has 106 valence electrons. The van der Waals surface area contributed by atoms with Gasteiger partial charge in [0.1, 0.15) is 13.8 Å². The lowest BCUT2D eigenvalue weighted by molar-refractivity contribution is 0.562. The van der Waals surface area contributed by atoms with E-state index in [1.54, 1.807) is 0 Å². The standard InChI is InChI=1S/C17H24OSi2/c1-19(2,3)18-16-13-9-10-14-17(16)20(4,5)15-11-7-6-8-12-15/h6-14H,1-5H3. The molecule has 0 saturated carbocycles. The van der Waals surface area contributed by atoms with Crippen LogP contribution in [0.3, 0.4) is 0 Å². The molecule has 0 aliphatic heterocycles. The average molecular weight is 301 g/mol. The highest BCUT2D eigenvalue weighted by Gasteiger charge is 2.30. The topological polar surface area (TPSA) is 9.23 Å². The monoisotopic (exact) mass is 300 g/mol. The van der Waals surface area contributed by atoms with E-state index in [4.69, 9.17) is 4.43 Å². The predicted octanol–water partition coefficient (Wildman–Crippen LogP) is 3.72. The molecular weight excluding hydrogens is 276 g/mol. The molecule has 0 aliphatic carbocycles. The normalized spacial score (nSPS) is 12.2. The van der Waals surface area contributed by atoms with Gasteiger partial charge in [0.25, 0.3) is 0 Å². The Hall–Kier alpha value is -1.33. The van der Waals surface area contributed by atoms with Crippen LogP contribution in [0.5, 0.6) is 5.75 Å². The van der Waals surface area contributed by atoms with Crippen molar-refractivity contribution in [2.45, 2.75) is 32.7 Å². The molecule has 2 aromatic rings. The molecule has 0 radical (unpaired) electrons. The second-order valence-electron chi connectivity index (χ2n) is 6.70. The van der Waals surface area contributed by atoms with E-state index in [0.29, 0.717) is 0 Å². The molecule has 20 heavy (non-hydrogen) atoms. The molecule has 0 spiro atoms. The third-order valence-corrected chi connectivity index (χ3v) is 7.84. The predicted molar refractivity (Wildman–Crippen MR) is 93.6 cm³/mol. The van der Waals surface area contributed by atoms with Crippen molar-refractivity contribution in [2.75, 3.05) is 0 Å². The van der Waals surface area contributed by atoms with Gasteiger partial charge in [0.05, 0.1) is 0 Å². The van der Waals surface area contributed by atoms with Crippen LogP contribution in [0.1, 0.15) is 0 Å². The first kappa shape index (κ1) is 15.1. The van der Waals surface area contributed by atoms with Crippen molar-refractivity contribution >= 4 is 26.8 Å². The fourth-order valence-electron chi connectivity index (χ4n) is 2.41. The molecule has 0 N–H and O–H groups in total. The van der Waals surface area contributed by atoms with Crippen LogP contribution in [-0.4, -0.2) is 16.4 Å². The van der Waals surface area contributed by atoms with E-state index in [-0.39, 0.29) is 0 Å². The first-order valence-electron chi connectivity index (χ1n) is 7.15. The Bertz CT molecular complexity index is 571. The largest absolute Gasteiger partial charge is 0.544 e. The van der Waals surface area contributed by atoms with Crippen LogP contribution in [-0.2, 0) is 0 Å². The lowest BCUT2D eigenvalue weighted by Gasteiger charge is -2.29. The van der Waals surface area contributed by atoms with Gasteiger partial charge in [-0.15, -0.1) is 0 Å². The third-order valence-electron chi connectivity index (χ3n) is 3.47. The van der Waals surface area contributed by atoms with Gasteiger partial charge in [0.2, 0.25) is 8.32 Å². The highest BCUT2D eigenvalue weighted by atomic mass is 28.4. The molecule has 0 bridgehead atoms. The maximum Gasteiger partial charge on any atom is 0.242 e. The first-order valence-corrected chi connectivity index (χ1v) is 13.6. The Labute approximate surface area is 124 Å². The molecule has 0 atom stereocenters. The van der Waals surface area contributed by atoms with Crippen LogP contribution in [0, 0.1) is 0 Å². The van der Waals surface area contributed by atoms with Gasteiger partial charge < -0.3 is 4.43 Å². The third kappa shape index (κ3) is 3.41. The summed E-state index contributed by atoms with van der Waals surface area (Å²) in [6.07, 6.45) is 0. The van der Waals surface area contributed by atoms with Crippen LogP contribution >= 0.6 is 0 Å². The van der Waals surface area contributed by atoms with Crippen molar-refractivity contribution in [1.29, 1.82) is 0 Å². The highest BCUT2D eigenvalue weighted by Crippen LogP contribution is 2.18. The smallest absolute Gasteiger partial charge is 0.242 e. The van der Waals surface area contributed by atoms with Gasteiger partial charge in [-0.2, -0.15) is 0 Å². The van der Waals surface area contributed by atoms with Crippen LogP contribution < -0.4 is 14.8 Å². The molecule has 0 fully saturated rings. The van der Waals surface area contributed by atoms with Crippen molar-refractivity contribution in [3.05, 3.63) is 54.6 Å². The highest BCUT2D eigenvalue weighted by molar-refractivity contribution is 7.01. The minimum absolute atomic E-state index is 1.09. The SMILES string of the molecule is C[Si](C)(C)Oc1ccccc1[Si](C)(C)c1ccccc1. The minimum atomic E-state index is -1.70. The van der Waals surface area contributed by atoms with Crippen molar-refractivity contribution in [1.82, 2.24) is 0 Å². The lowest BCUT2D eigenvalue weighted by Crippen LogP contribution is -2.53. The molecule has 1 nitrogen and oxygen atoms in total. The fraction of sp³-hybridized carbons (Fsp3) is 0.294. The average Bonchev–Trinajstić information content (AvgIpc) is 2.38. The molecule has 0 aliphatic rings. The number of benzene rings is 2. The summed E-state index contributed by atoms with van der Waals surface area (Å²) in [5.74, 6) is 1.09. The van der Waals surface area contributed by atoms with Gasteiger partial charge in [-0.1, -0.05) is 66.8 Å². The van der Waals surface area contributed by atoms with E-state index < -0.39 is 16.4 Å². The first-order chi connectivity index (χ1) is 9.31. The summed E-state index contributed by atoms with van der Waals surface area (Å²) in [5, 5.41) is 2.85. The molecule has 0 heterocycles. The van der Waals surface area contributed by atoms with Crippen LogP contribution in [0.15, 0.2) is 54.6 Å². The van der Waals surface area contributed by atoms with Crippen LogP contribution in [0.4, 0.5) is 0 Å². The van der Waals surface area contributed by atoms with Gasteiger partial charge in [0, 0.05) is 0 Å². The van der Waals surface area contributed by atoms with E-state index >= 15 is 0 Å². The van der Waals surface area contributed by atoms with E-state index in [1.165, 1.54) is 10.4 Å². The molecule has 0 amide bonds. The zero-order valence-electron chi connectivity index (χ0n) is 13.1. The molecule has 2 aromatic carbocycles. The minimum Gasteiger partial charge on any atom is -0.544 e. The lowest BCUT2D eigenvalue weighted by atomic mass is 10.3. The zero-order chi connectivity index (χ0) is 14.8. The zero-order valence-corrected chi connectivity index (χ0v) is 15.1. The maximum absolute atomic E-state index is 6.31. The van der Waals surface area contributed by atoms with E-state index in [0.717, 1.165) is 5.75 Å². The van der Waals surface area contributed by atoms with E-state index in [2.05, 4.69) is 87.3 Å². The summed E-state index contributed by atoms with van der Waals surface area (Å²) in [7, 11) is -3.29. The van der Waals surface area contributed by atoms with Gasteiger partial charge in [-0.05, 0) is 30.9 Å². The van der Waals surface area contributed by atoms with E-state index in [9.17, 15) is 0 Å².